The molecular formula is C23H22FN3O3. The number of benzene rings is 2. The van der Waals surface area contributed by atoms with Gasteiger partial charge in [0.15, 0.2) is 0 Å². The van der Waals surface area contributed by atoms with E-state index in [1.807, 2.05) is 6.92 Å². The van der Waals surface area contributed by atoms with Gasteiger partial charge in [-0.05, 0) is 67.9 Å². The largest absolute Gasteiger partial charge is 0.494 e. The third kappa shape index (κ3) is 3.91. The molecule has 7 heteroatoms. The van der Waals surface area contributed by atoms with Gasteiger partial charge < -0.3 is 19.0 Å². The van der Waals surface area contributed by atoms with E-state index in [4.69, 9.17) is 4.74 Å². The van der Waals surface area contributed by atoms with Gasteiger partial charge in [-0.15, -0.1) is 0 Å². The Morgan fingerprint density at radius 2 is 1.87 bits per heavy atom. The lowest BCUT2D eigenvalue weighted by Gasteiger charge is -2.13. The zero-order valence-electron chi connectivity index (χ0n) is 16.6. The number of nitrogens with zero attached hydrogens (tertiary/aromatic N) is 2. The molecule has 2 heterocycles. The first-order chi connectivity index (χ1) is 14.6. The molecule has 0 spiro atoms. The Balaban J connectivity index is 1.48. The lowest BCUT2D eigenvalue weighted by Crippen LogP contribution is -2.23. The molecular weight excluding hydrogens is 385 g/mol. The maximum absolute atomic E-state index is 13.8. The van der Waals surface area contributed by atoms with E-state index < -0.39 is 5.82 Å². The summed E-state index contributed by atoms with van der Waals surface area (Å²) < 4.78 is 22.5. The van der Waals surface area contributed by atoms with Crippen molar-refractivity contribution in [3.05, 3.63) is 77.0 Å². The highest BCUT2D eigenvalue weighted by Gasteiger charge is 2.12. The summed E-state index contributed by atoms with van der Waals surface area (Å²) in [6.07, 6.45) is 2.47. The van der Waals surface area contributed by atoms with Crippen LogP contribution < -0.4 is 15.6 Å². The van der Waals surface area contributed by atoms with Crippen molar-refractivity contribution in [2.45, 2.75) is 26.3 Å². The predicted molar refractivity (Wildman–Crippen MR) is 115 cm³/mol. The number of ether oxygens (including phenoxy) is 1. The van der Waals surface area contributed by atoms with Crippen LogP contribution in [0.3, 0.4) is 0 Å². The maximum atomic E-state index is 13.8. The number of nitrogens with one attached hydrogen (secondary N) is 1. The molecule has 30 heavy (non-hydrogen) atoms. The summed E-state index contributed by atoms with van der Waals surface area (Å²) in [5.74, 6) is 0.191. The Labute approximate surface area is 172 Å². The third-order valence-electron chi connectivity index (χ3n) is 4.94. The molecule has 154 valence electrons. The predicted octanol–water partition coefficient (Wildman–Crippen LogP) is 4.21. The van der Waals surface area contributed by atoms with Gasteiger partial charge in [0, 0.05) is 24.8 Å². The van der Waals surface area contributed by atoms with E-state index in [0.29, 0.717) is 36.3 Å². The van der Waals surface area contributed by atoms with Gasteiger partial charge in [-0.3, -0.25) is 9.59 Å². The molecule has 1 amide bonds. The van der Waals surface area contributed by atoms with E-state index in [1.54, 1.807) is 53.1 Å². The number of aryl methyl sites for hydroxylation is 1. The van der Waals surface area contributed by atoms with E-state index in [0.717, 1.165) is 11.3 Å². The Bertz CT molecular complexity index is 1260. The molecule has 4 aromatic rings. The Morgan fingerprint density at radius 1 is 1.07 bits per heavy atom. The van der Waals surface area contributed by atoms with Gasteiger partial charge in [-0.1, -0.05) is 0 Å². The second-order valence-electron chi connectivity index (χ2n) is 6.96. The van der Waals surface area contributed by atoms with Crippen LogP contribution in [0.2, 0.25) is 0 Å². The van der Waals surface area contributed by atoms with Crippen LogP contribution >= 0.6 is 0 Å². The van der Waals surface area contributed by atoms with E-state index in [1.165, 1.54) is 16.7 Å². The monoisotopic (exact) mass is 407 g/mol. The Hall–Kier alpha value is -3.61. The molecule has 6 nitrogen and oxygen atoms in total. The molecule has 0 saturated carbocycles. The van der Waals surface area contributed by atoms with Crippen LogP contribution in [0.15, 0.2) is 65.6 Å². The minimum Gasteiger partial charge on any atom is -0.494 e. The second kappa shape index (κ2) is 8.41. The maximum Gasteiger partial charge on any atom is 0.275 e. The van der Waals surface area contributed by atoms with Gasteiger partial charge in [-0.25, -0.2) is 4.39 Å². The van der Waals surface area contributed by atoms with E-state index in [9.17, 15) is 14.0 Å². The van der Waals surface area contributed by atoms with Gasteiger partial charge in [0.1, 0.15) is 17.1 Å². The van der Waals surface area contributed by atoms with Crippen LogP contribution in [0.4, 0.5) is 10.1 Å². The number of rotatable bonds is 7. The van der Waals surface area contributed by atoms with Crippen molar-refractivity contribution in [3.63, 3.8) is 0 Å². The lowest BCUT2D eigenvalue weighted by molar-refractivity contribution is -0.116. The topological polar surface area (TPSA) is 64.7 Å². The Kier molecular flexibility index (Phi) is 5.52. The molecule has 0 aliphatic rings. The number of carbonyl (C=O) groups is 1. The molecule has 2 aromatic heterocycles. The van der Waals surface area contributed by atoms with Gasteiger partial charge in [0.2, 0.25) is 5.91 Å². The smallest absolute Gasteiger partial charge is 0.275 e. The zero-order chi connectivity index (χ0) is 21.1. The minimum absolute atomic E-state index is 0.147. The molecule has 0 atom stereocenters. The highest BCUT2D eigenvalue weighted by atomic mass is 19.1. The SMILES string of the molecule is CCOc1ccc(NC(=O)CCCn2c(=O)c3cccn3c3ccc(F)cc32)cc1. The standard InChI is InChI=1S/C23H22FN3O3/c1-2-30-18-10-8-17(9-11-18)25-22(28)6-4-14-27-21-15-16(24)7-12-19(21)26-13-3-5-20(26)23(27)29/h3,5,7-13,15H,2,4,6,14H2,1H3,(H,25,28). The quantitative estimate of drug-likeness (QED) is 0.499. The summed E-state index contributed by atoms with van der Waals surface area (Å²) in [6.45, 7) is 2.81. The molecule has 0 saturated heterocycles. The van der Waals surface area contributed by atoms with Crippen molar-refractivity contribution >= 4 is 28.1 Å². The van der Waals surface area contributed by atoms with Crippen molar-refractivity contribution in [2.75, 3.05) is 11.9 Å². The molecule has 0 fully saturated rings. The number of hydrogen-bond donors (Lipinski definition) is 1. The van der Waals surface area contributed by atoms with E-state index >= 15 is 0 Å². The molecule has 4 rings (SSSR count). The van der Waals surface area contributed by atoms with Crippen molar-refractivity contribution < 1.29 is 13.9 Å². The molecule has 0 radical (unpaired) electrons. The van der Waals surface area contributed by atoms with Gasteiger partial charge in [0.25, 0.3) is 5.56 Å². The average molecular weight is 407 g/mol. The third-order valence-corrected chi connectivity index (χ3v) is 4.94. The van der Waals surface area contributed by atoms with Crippen LogP contribution in [0.1, 0.15) is 19.8 Å². The zero-order valence-corrected chi connectivity index (χ0v) is 16.6. The normalized spacial score (nSPS) is 11.1. The summed E-state index contributed by atoms with van der Waals surface area (Å²) >= 11 is 0. The summed E-state index contributed by atoms with van der Waals surface area (Å²) in [5, 5.41) is 2.84. The first-order valence-corrected chi connectivity index (χ1v) is 9.88. The molecule has 0 aliphatic carbocycles. The highest BCUT2D eigenvalue weighted by molar-refractivity contribution is 5.90. The fourth-order valence-electron chi connectivity index (χ4n) is 3.57. The molecule has 0 unspecified atom stereocenters. The molecule has 2 aromatic carbocycles. The van der Waals surface area contributed by atoms with E-state index in [-0.39, 0.29) is 17.9 Å². The second-order valence-corrected chi connectivity index (χ2v) is 6.96. The Morgan fingerprint density at radius 3 is 2.63 bits per heavy atom. The number of halogens is 1. The van der Waals surface area contributed by atoms with Crippen LogP contribution in [0, 0.1) is 5.82 Å². The first kappa shape index (κ1) is 19.7. The van der Waals surface area contributed by atoms with Crippen molar-refractivity contribution in [2.24, 2.45) is 0 Å². The average Bonchev–Trinajstić information content (AvgIpc) is 3.22. The summed E-state index contributed by atoms with van der Waals surface area (Å²) in [6, 6.07) is 15.1. The van der Waals surface area contributed by atoms with Crippen LogP contribution in [0.25, 0.3) is 16.6 Å². The fraction of sp³-hybridized carbons (Fsp3) is 0.217. The first-order valence-electron chi connectivity index (χ1n) is 9.88. The van der Waals surface area contributed by atoms with E-state index in [2.05, 4.69) is 5.32 Å². The summed E-state index contributed by atoms with van der Waals surface area (Å²) in [5.41, 5.74) is 2.26. The van der Waals surface area contributed by atoms with Crippen molar-refractivity contribution in [3.8, 4) is 5.75 Å². The van der Waals surface area contributed by atoms with Crippen molar-refractivity contribution in [1.29, 1.82) is 0 Å². The molecule has 1 N–H and O–H groups in total. The summed E-state index contributed by atoms with van der Waals surface area (Å²) in [7, 11) is 0. The fourth-order valence-corrected chi connectivity index (χ4v) is 3.57. The number of hydrogen-bond acceptors (Lipinski definition) is 3. The van der Waals surface area contributed by atoms with Gasteiger partial charge in [-0.2, -0.15) is 0 Å². The summed E-state index contributed by atoms with van der Waals surface area (Å²) in [4.78, 5) is 25.2. The number of fused-ring (bicyclic) bond motifs is 3. The number of anilines is 1. The number of amides is 1. The van der Waals surface area contributed by atoms with Gasteiger partial charge >= 0.3 is 0 Å². The van der Waals surface area contributed by atoms with Gasteiger partial charge in [0.05, 0.1) is 17.6 Å². The lowest BCUT2D eigenvalue weighted by atomic mass is 10.2. The highest BCUT2D eigenvalue weighted by Crippen LogP contribution is 2.18. The number of aromatic nitrogens is 2. The van der Waals surface area contributed by atoms with Crippen LogP contribution in [0.5, 0.6) is 5.75 Å². The molecule has 0 bridgehead atoms. The molecule has 0 aliphatic heterocycles. The van der Waals surface area contributed by atoms with Crippen molar-refractivity contribution in [1.82, 2.24) is 8.97 Å². The van der Waals surface area contributed by atoms with Crippen LogP contribution in [-0.2, 0) is 11.3 Å². The van der Waals surface area contributed by atoms with Crippen LogP contribution in [-0.4, -0.2) is 21.5 Å². The number of carbonyl (C=O) groups excluding carboxylic acids is 1. The minimum atomic E-state index is -0.407.